The molecule has 0 aliphatic heterocycles. The Morgan fingerprint density at radius 3 is 2.38 bits per heavy atom. The number of carbonyl (C=O) groups excluding carboxylic acids is 1. The molecule has 0 heterocycles. The predicted octanol–water partition coefficient (Wildman–Crippen LogP) is 6.17. The van der Waals surface area contributed by atoms with Gasteiger partial charge in [0, 0.05) is 0 Å². The summed E-state index contributed by atoms with van der Waals surface area (Å²) in [6.07, 6.45) is 21.6. The van der Waals surface area contributed by atoms with Crippen molar-refractivity contribution in [2.75, 3.05) is 0 Å². The number of rotatable bonds is 13. The molecule has 0 atom stereocenters. The molecule has 2 nitrogen and oxygen atoms in total. The minimum atomic E-state index is 0.0913. The van der Waals surface area contributed by atoms with E-state index in [0.717, 1.165) is 37.7 Å². The minimum Gasteiger partial charge on any atom is -0.507 e. The highest BCUT2D eigenvalue weighted by Crippen LogP contribution is 2.19. The van der Waals surface area contributed by atoms with Crippen molar-refractivity contribution in [1.82, 2.24) is 0 Å². The Hall–Kier alpha value is -2.09. The number of aryl methyl sites for hydroxylation is 1. The summed E-state index contributed by atoms with van der Waals surface area (Å²) >= 11 is 0. The van der Waals surface area contributed by atoms with E-state index in [1.54, 1.807) is 12.1 Å². The SMILES string of the molecule is C=CC/C=C\C/C=C\CCCCCCCc1ccc(C=O)c(O)c1. The number of phenolic OH excluding ortho intramolecular Hbond substituents is 1. The van der Waals surface area contributed by atoms with E-state index in [2.05, 4.69) is 30.9 Å². The van der Waals surface area contributed by atoms with Crippen molar-refractivity contribution in [3.8, 4) is 5.75 Å². The highest BCUT2D eigenvalue weighted by molar-refractivity contribution is 5.79. The standard InChI is InChI=1S/C22H30O2/c1-2-3-4-5-6-7-8-9-10-11-12-13-14-15-20-16-17-21(19-23)22(24)18-20/h2,4-5,7-8,16-19,24H,1,3,6,9-15H2/b5-4-,8-7-. The zero-order valence-electron chi connectivity index (χ0n) is 14.6. The first kappa shape index (κ1) is 20.0. The average molecular weight is 326 g/mol. The lowest BCUT2D eigenvalue weighted by molar-refractivity contribution is 0.112. The molecule has 2 heteroatoms. The third-order valence-electron chi connectivity index (χ3n) is 3.97. The third-order valence-corrected chi connectivity index (χ3v) is 3.97. The van der Waals surface area contributed by atoms with Crippen LogP contribution in [0.1, 0.15) is 67.3 Å². The van der Waals surface area contributed by atoms with E-state index in [-0.39, 0.29) is 5.75 Å². The fourth-order valence-corrected chi connectivity index (χ4v) is 2.55. The van der Waals surface area contributed by atoms with E-state index in [9.17, 15) is 9.90 Å². The zero-order valence-corrected chi connectivity index (χ0v) is 14.6. The lowest BCUT2D eigenvalue weighted by Crippen LogP contribution is -1.89. The molecule has 24 heavy (non-hydrogen) atoms. The van der Waals surface area contributed by atoms with Crippen LogP contribution >= 0.6 is 0 Å². The number of aromatic hydroxyl groups is 1. The molecule has 0 bridgehead atoms. The van der Waals surface area contributed by atoms with Gasteiger partial charge in [0.05, 0.1) is 5.56 Å². The quantitative estimate of drug-likeness (QED) is 0.267. The maximum Gasteiger partial charge on any atom is 0.153 e. The summed E-state index contributed by atoms with van der Waals surface area (Å²) in [5.41, 5.74) is 1.47. The van der Waals surface area contributed by atoms with E-state index in [1.165, 1.54) is 25.7 Å². The maximum atomic E-state index is 10.7. The fourth-order valence-electron chi connectivity index (χ4n) is 2.55. The van der Waals surface area contributed by atoms with Gasteiger partial charge in [-0.1, -0.05) is 55.7 Å². The lowest BCUT2D eigenvalue weighted by Gasteiger charge is -2.04. The van der Waals surface area contributed by atoms with Gasteiger partial charge in [-0.3, -0.25) is 4.79 Å². The van der Waals surface area contributed by atoms with Gasteiger partial charge in [0.1, 0.15) is 5.75 Å². The lowest BCUT2D eigenvalue weighted by atomic mass is 10.0. The summed E-state index contributed by atoms with van der Waals surface area (Å²) in [5, 5.41) is 9.65. The van der Waals surface area contributed by atoms with Gasteiger partial charge >= 0.3 is 0 Å². The van der Waals surface area contributed by atoms with E-state index in [1.807, 2.05) is 12.1 Å². The van der Waals surface area contributed by atoms with Crippen LogP contribution in [0.15, 0.2) is 55.2 Å². The minimum absolute atomic E-state index is 0.0913. The number of carbonyl (C=O) groups is 1. The third kappa shape index (κ3) is 9.14. The average Bonchev–Trinajstić information content (AvgIpc) is 2.59. The van der Waals surface area contributed by atoms with Crippen molar-refractivity contribution in [3.63, 3.8) is 0 Å². The van der Waals surface area contributed by atoms with Crippen LogP contribution in [-0.2, 0) is 6.42 Å². The summed E-state index contributed by atoms with van der Waals surface area (Å²) in [5.74, 6) is 0.0913. The van der Waals surface area contributed by atoms with E-state index in [0.29, 0.717) is 11.8 Å². The molecular formula is C22H30O2. The van der Waals surface area contributed by atoms with E-state index >= 15 is 0 Å². The molecule has 0 saturated carbocycles. The second kappa shape index (κ2) is 13.4. The van der Waals surface area contributed by atoms with Crippen LogP contribution in [0.3, 0.4) is 0 Å². The molecular weight excluding hydrogens is 296 g/mol. The Labute approximate surface area is 146 Å². The number of aldehydes is 1. The summed E-state index contributed by atoms with van der Waals surface area (Å²) in [4.78, 5) is 10.7. The zero-order chi connectivity index (χ0) is 17.5. The summed E-state index contributed by atoms with van der Waals surface area (Å²) in [6, 6.07) is 5.33. The Balaban J connectivity index is 2.00. The molecule has 0 aliphatic carbocycles. The maximum absolute atomic E-state index is 10.7. The summed E-state index contributed by atoms with van der Waals surface area (Å²) < 4.78 is 0. The van der Waals surface area contributed by atoms with Gasteiger partial charge in [0.2, 0.25) is 0 Å². The van der Waals surface area contributed by atoms with Gasteiger partial charge in [-0.2, -0.15) is 0 Å². The van der Waals surface area contributed by atoms with Crippen LogP contribution in [0.25, 0.3) is 0 Å². The Kier molecular flexibility index (Phi) is 11.1. The van der Waals surface area contributed by atoms with Gasteiger partial charge < -0.3 is 5.11 Å². The van der Waals surface area contributed by atoms with Gasteiger partial charge in [0.15, 0.2) is 6.29 Å². The number of unbranched alkanes of at least 4 members (excludes halogenated alkanes) is 5. The van der Waals surface area contributed by atoms with Crippen LogP contribution < -0.4 is 0 Å². The molecule has 0 aliphatic rings. The highest BCUT2D eigenvalue weighted by atomic mass is 16.3. The monoisotopic (exact) mass is 326 g/mol. The molecule has 0 fully saturated rings. The van der Waals surface area contributed by atoms with Crippen LogP contribution in [0.5, 0.6) is 5.75 Å². The second-order valence-corrected chi connectivity index (χ2v) is 6.02. The summed E-state index contributed by atoms with van der Waals surface area (Å²) in [6.45, 7) is 3.68. The van der Waals surface area contributed by atoms with E-state index in [4.69, 9.17) is 0 Å². The number of benzene rings is 1. The Bertz CT molecular complexity index is 541. The molecule has 1 aromatic carbocycles. The Morgan fingerprint density at radius 2 is 1.62 bits per heavy atom. The molecule has 0 unspecified atom stereocenters. The number of phenols is 1. The van der Waals surface area contributed by atoms with Crippen molar-refractivity contribution in [3.05, 3.63) is 66.3 Å². The van der Waals surface area contributed by atoms with Crippen LogP contribution in [0.4, 0.5) is 0 Å². The molecule has 1 rings (SSSR count). The largest absolute Gasteiger partial charge is 0.507 e. The molecule has 1 aromatic rings. The first-order valence-corrected chi connectivity index (χ1v) is 8.96. The second-order valence-electron chi connectivity index (χ2n) is 6.02. The van der Waals surface area contributed by atoms with Crippen LogP contribution in [0.2, 0.25) is 0 Å². The molecule has 130 valence electrons. The fraction of sp³-hybridized carbons (Fsp3) is 0.409. The smallest absolute Gasteiger partial charge is 0.153 e. The van der Waals surface area contributed by atoms with Gasteiger partial charge in [-0.05, 0) is 56.2 Å². The molecule has 0 spiro atoms. The first-order chi connectivity index (χ1) is 11.8. The number of allylic oxidation sites excluding steroid dienone is 5. The molecule has 0 saturated heterocycles. The summed E-state index contributed by atoms with van der Waals surface area (Å²) in [7, 11) is 0. The number of hydrogen-bond donors (Lipinski definition) is 1. The van der Waals surface area contributed by atoms with Gasteiger partial charge in [-0.25, -0.2) is 0 Å². The van der Waals surface area contributed by atoms with E-state index < -0.39 is 0 Å². The van der Waals surface area contributed by atoms with Crippen molar-refractivity contribution in [2.45, 2.75) is 57.8 Å². The molecule has 0 radical (unpaired) electrons. The topological polar surface area (TPSA) is 37.3 Å². The van der Waals surface area contributed by atoms with Crippen LogP contribution in [-0.4, -0.2) is 11.4 Å². The van der Waals surface area contributed by atoms with Crippen LogP contribution in [0, 0.1) is 0 Å². The van der Waals surface area contributed by atoms with Crippen molar-refractivity contribution in [2.24, 2.45) is 0 Å². The normalized spacial score (nSPS) is 11.3. The molecule has 0 aromatic heterocycles. The first-order valence-electron chi connectivity index (χ1n) is 8.96. The van der Waals surface area contributed by atoms with Crippen molar-refractivity contribution < 1.29 is 9.90 Å². The van der Waals surface area contributed by atoms with Crippen molar-refractivity contribution >= 4 is 6.29 Å². The van der Waals surface area contributed by atoms with Gasteiger partial charge in [0.25, 0.3) is 0 Å². The Morgan fingerprint density at radius 1 is 0.917 bits per heavy atom. The van der Waals surface area contributed by atoms with Gasteiger partial charge in [-0.15, -0.1) is 6.58 Å². The molecule has 1 N–H and O–H groups in total. The van der Waals surface area contributed by atoms with Crippen molar-refractivity contribution in [1.29, 1.82) is 0 Å². The number of hydrogen-bond acceptors (Lipinski definition) is 2. The highest BCUT2D eigenvalue weighted by Gasteiger charge is 2.01. The molecule has 0 amide bonds. The predicted molar refractivity (Wildman–Crippen MR) is 103 cm³/mol.